The van der Waals surface area contributed by atoms with Crippen LogP contribution in [0.4, 0.5) is 4.79 Å². The number of benzene rings is 1. The van der Waals surface area contributed by atoms with E-state index in [4.69, 9.17) is 9.47 Å². The lowest BCUT2D eigenvalue weighted by molar-refractivity contribution is 0.0660. The number of urea groups is 1. The van der Waals surface area contributed by atoms with E-state index in [9.17, 15) is 9.59 Å². The summed E-state index contributed by atoms with van der Waals surface area (Å²) in [5.74, 6) is 0.698. The van der Waals surface area contributed by atoms with Crippen LogP contribution in [-0.4, -0.2) is 74.8 Å². The van der Waals surface area contributed by atoms with Crippen molar-refractivity contribution in [1.82, 2.24) is 15.1 Å². The van der Waals surface area contributed by atoms with Crippen LogP contribution in [0.2, 0.25) is 0 Å². The minimum Gasteiger partial charge on any atom is -0.497 e. The number of hydrogen-bond acceptors (Lipinski definition) is 4. The molecule has 0 aliphatic carbocycles. The maximum Gasteiger partial charge on any atom is 0.317 e. The van der Waals surface area contributed by atoms with Gasteiger partial charge in [-0.1, -0.05) is 0 Å². The molecule has 1 N–H and O–H groups in total. The molecule has 1 heterocycles. The SMILES string of the molecule is COc1ccc(C(=O)N2CCN(C(=O)NC[C@@H](C)OC)CC2)cc1. The molecule has 1 fully saturated rings. The van der Waals surface area contributed by atoms with Crippen molar-refractivity contribution in [3.8, 4) is 5.75 Å². The van der Waals surface area contributed by atoms with Crippen LogP contribution in [0.15, 0.2) is 24.3 Å². The molecular weight excluding hydrogens is 310 g/mol. The van der Waals surface area contributed by atoms with Crippen LogP contribution in [0.1, 0.15) is 17.3 Å². The Balaban J connectivity index is 1.83. The van der Waals surface area contributed by atoms with Crippen molar-refractivity contribution in [3.05, 3.63) is 29.8 Å². The van der Waals surface area contributed by atoms with Crippen molar-refractivity contribution < 1.29 is 19.1 Å². The summed E-state index contributed by atoms with van der Waals surface area (Å²) in [5.41, 5.74) is 0.627. The number of carbonyl (C=O) groups excluding carboxylic acids is 2. The van der Waals surface area contributed by atoms with Crippen molar-refractivity contribution in [1.29, 1.82) is 0 Å². The van der Waals surface area contributed by atoms with Crippen LogP contribution in [0.3, 0.4) is 0 Å². The number of rotatable bonds is 5. The highest BCUT2D eigenvalue weighted by Gasteiger charge is 2.24. The van der Waals surface area contributed by atoms with Gasteiger partial charge in [0, 0.05) is 45.4 Å². The van der Waals surface area contributed by atoms with Crippen molar-refractivity contribution >= 4 is 11.9 Å². The lowest BCUT2D eigenvalue weighted by Gasteiger charge is -2.35. The zero-order valence-corrected chi connectivity index (χ0v) is 14.4. The van der Waals surface area contributed by atoms with Crippen LogP contribution in [-0.2, 0) is 4.74 Å². The molecule has 7 heteroatoms. The Hall–Kier alpha value is -2.28. The molecule has 3 amide bonds. The monoisotopic (exact) mass is 335 g/mol. The highest BCUT2D eigenvalue weighted by atomic mass is 16.5. The Bertz CT molecular complexity index is 553. The molecule has 0 spiro atoms. The first-order valence-electron chi connectivity index (χ1n) is 8.04. The van der Waals surface area contributed by atoms with E-state index in [1.807, 2.05) is 6.92 Å². The first-order valence-corrected chi connectivity index (χ1v) is 8.04. The molecule has 0 aromatic heterocycles. The largest absolute Gasteiger partial charge is 0.497 e. The summed E-state index contributed by atoms with van der Waals surface area (Å²) < 4.78 is 10.2. The fourth-order valence-corrected chi connectivity index (χ4v) is 2.45. The number of methoxy groups -OCH3 is 2. The van der Waals surface area contributed by atoms with Gasteiger partial charge in [0.1, 0.15) is 5.75 Å². The molecule has 0 radical (unpaired) electrons. The second kappa shape index (κ2) is 8.54. The zero-order chi connectivity index (χ0) is 17.5. The maximum absolute atomic E-state index is 12.5. The average molecular weight is 335 g/mol. The van der Waals surface area contributed by atoms with Gasteiger partial charge in [-0.05, 0) is 31.2 Å². The topological polar surface area (TPSA) is 71.1 Å². The molecule has 2 rings (SSSR count). The minimum absolute atomic E-state index is 0.0214. The van der Waals surface area contributed by atoms with Gasteiger partial charge in [0.05, 0.1) is 13.2 Å². The van der Waals surface area contributed by atoms with Gasteiger partial charge < -0.3 is 24.6 Å². The van der Waals surface area contributed by atoms with Crippen molar-refractivity contribution in [2.75, 3.05) is 46.9 Å². The minimum atomic E-state index is -0.115. The standard InChI is InChI=1S/C17H25N3O4/c1-13(23-2)12-18-17(22)20-10-8-19(9-11-20)16(21)14-4-6-15(24-3)7-5-14/h4-7,13H,8-12H2,1-3H3,(H,18,22)/t13-/m1/s1. The summed E-state index contributed by atoms with van der Waals surface area (Å²) in [6, 6.07) is 6.94. The molecule has 1 aliphatic rings. The fourth-order valence-electron chi connectivity index (χ4n) is 2.45. The summed E-state index contributed by atoms with van der Waals surface area (Å²) in [4.78, 5) is 28.0. The Labute approximate surface area is 142 Å². The Morgan fingerprint density at radius 3 is 2.21 bits per heavy atom. The number of nitrogens with one attached hydrogen (secondary N) is 1. The summed E-state index contributed by atoms with van der Waals surface area (Å²) in [6.07, 6.45) is -0.0214. The predicted molar refractivity (Wildman–Crippen MR) is 90.3 cm³/mol. The van der Waals surface area contributed by atoms with Gasteiger partial charge in [0.2, 0.25) is 0 Å². The van der Waals surface area contributed by atoms with Crippen LogP contribution < -0.4 is 10.1 Å². The Morgan fingerprint density at radius 1 is 1.08 bits per heavy atom. The van der Waals surface area contributed by atoms with E-state index in [1.165, 1.54) is 0 Å². The van der Waals surface area contributed by atoms with Crippen LogP contribution >= 0.6 is 0 Å². The molecule has 1 atom stereocenters. The number of nitrogens with zero attached hydrogens (tertiary/aromatic N) is 2. The molecule has 1 aromatic carbocycles. The molecule has 132 valence electrons. The van der Waals surface area contributed by atoms with E-state index in [2.05, 4.69) is 5.32 Å². The third-order valence-corrected chi connectivity index (χ3v) is 4.13. The van der Waals surface area contributed by atoms with Gasteiger partial charge in [-0.15, -0.1) is 0 Å². The van der Waals surface area contributed by atoms with Crippen molar-refractivity contribution in [3.63, 3.8) is 0 Å². The summed E-state index contributed by atoms with van der Waals surface area (Å²) in [5, 5.41) is 2.84. The molecule has 1 saturated heterocycles. The van der Waals surface area contributed by atoms with Gasteiger partial charge in [-0.3, -0.25) is 4.79 Å². The average Bonchev–Trinajstić information content (AvgIpc) is 2.65. The predicted octanol–water partition coefficient (Wildman–Crippen LogP) is 1.20. The summed E-state index contributed by atoms with van der Waals surface area (Å²) in [6.45, 7) is 4.46. The van der Waals surface area contributed by atoms with Gasteiger partial charge in [-0.25, -0.2) is 4.79 Å². The Morgan fingerprint density at radius 2 is 1.67 bits per heavy atom. The third kappa shape index (κ3) is 4.61. The summed E-state index contributed by atoms with van der Waals surface area (Å²) in [7, 11) is 3.20. The second-order valence-electron chi connectivity index (χ2n) is 5.74. The van der Waals surface area contributed by atoms with E-state index in [0.29, 0.717) is 38.3 Å². The van der Waals surface area contributed by atoms with Gasteiger partial charge in [0.25, 0.3) is 5.91 Å². The highest BCUT2D eigenvalue weighted by Crippen LogP contribution is 2.14. The molecule has 0 unspecified atom stereocenters. The maximum atomic E-state index is 12.5. The molecule has 0 saturated carbocycles. The van der Waals surface area contributed by atoms with Crippen molar-refractivity contribution in [2.45, 2.75) is 13.0 Å². The number of ether oxygens (including phenoxy) is 2. The fraction of sp³-hybridized carbons (Fsp3) is 0.529. The zero-order valence-electron chi connectivity index (χ0n) is 14.4. The van der Waals surface area contributed by atoms with E-state index >= 15 is 0 Å². The quantitative estimate of drug-likeness (QED) is 0.878. The number of piperazine rings is 1. The van der Waals surface area contributed by atoms with Gasteiger partial charge in [0.15, 0.2) is 0 Å². The van der Waals surface area contributed by atoms with Crippen molar-refractivity contribution in [2.24, 2.45) is 0 Å². The molecule has 1 aromatic rings. The van der Waals surface area contributed by atoms with E-state index < -0.39 is 0 Å². The highest BCUT2D eigenvalue weighted by molar-refractivity contribution is 5.94. The van der Waals surface area contributed by atoms with Crippen LogP contribution in [0.5, 0.6) is 5.75 Å². The molecule has 0 bridgehead atoms. The van der Waals surface area contributed by atoms with Gasteiger partial charge >= 0.3 is 6.03 Å². The van der Waals surface area contributed by atoms with Crippen LogP contribution in [0.25, 0.3) is 0 Å². The second-order valence-corrected chi connectivity index (χ2v) is 5.74. The normalized spacial score (nSPS) is 15.8. The third-order valence-electron chi connectivity index (χ3n) is 4.13. The Kier molecular flexibility index (Phi) is 6.43. The number of carbonyl (C=O) groups is 2. The van der Waals surface area contributed by atoms with E-state index in [0.717, 1.165) is 5.75 Å². The van der Waals surface area contributed by atoms with E-state index in [1.54, 1.807) is 48.3 Å². The first kappa shape index (κ1) is 18.1. The molecule has 24 heavy (non-hydrogen) atoms. The van der Waals surface area contributed by atoms with E-state index in [-0.39, 0.29) is 18.0 Å². The number of hydrogen-bond donors (Lipinski definition) is 1. The molecular formula is C17H25N3O4. The first-order chi connectivity index (χ1) is 11.5. The number of amides is 3. The molecule has 1 aliphatic heterocycles. The van der Waals surface area contributed by atoms with Gasteiger partial charge in [-0.2, -0.15) is 0 Å². The smallest absolute Gasteiger partial charge is 0.317 e. The summed E-state index contributed by atoms with van der Waals surface area (Å²) >= 11 is 0. The lowest BCUT2D eigenvalue weighted by Crippen LogP contribution is -2.53. The lowest BCUT2D eigenvalue weighted by atomic mass is 10.1. The van der Waals surface area contributed by atoms with Crippen LogP contribution in [0, 0.1) is 0 Å². The molecule has 7 nitrogen and oxygen atoms in total.